The fourth-order valence-electron chi connectivity index (χ4n) is 9.40. The van der Waals surface area contributed by atoms with Crippen molar-refractivity contribution in [3.8, 4) is 5.75 Å². The van der Waals surface area contributed by atoms with E-state index in [1.807, 2.05) is 6.07 Å². The summed E-state index contributed by atoms with van der Waals surface area (Å²) in [5.74, 6) is -0.784. The van der Waals surface area contributed by atoms with Crippen molar-refractivity contribution in [1.29, 1.82) is 0 Å². The van der Waals surface area contributed by atoms with E-state index in [1.54, 1.807) is 97.8 Å². The zero-order chi connectivity index (χ0) is 53.9. The molecule has 1 aliphatic heterocycles. The number of amides is 6. The van der Waals surface area contributed by atoms with Crippen LogP contribution in [-0.4, -0.2) is 99.4 Å². The molecule has 2 fully saturated rings. The third-order valence-corrected chi connectivity index (χ3v) is 14.6. The molecule has 0 spiro atoms. The fourth-order valence-corrected chi connectivity index (χ4v) is 10.3. The average molecular weight is 1050 g/mol. The van der Waals surface area contributed by atoms with Gasteiger partial charge in [-0.25, -0.2) is 14.6 Å². The number of carbonyl (C=O) groups is 7. The number of unbranched alkanes of at least 4 members (excludes halogenated alkanes) is 8. The maximum Gasteiger partial charge on any atom is 0.412 e. The quantitative estimate of drug-likeness (QED) is 0.0310. The number of aromatic nitrogens is 1. The molecule has 6 rings (SSSR count). The van der Waals surface area contributed by atoms with Crippen molar-refractivity contribution >= 4 is 70.0 Å². The molecule has 1 saturated heterocycles. The predicted octanol–water partition coefficient (Wildman–Crippen LogP) is 11.6. The van der Waals surface area contributed by atoms with Crippen molar-refractivity contribution in [2.45, 2.75) is 161 Å². The van der Waals surface area contributed by atoms with Gasteiger partial charge in [0.25, 0.3) is 5.91 Å². The van der Waals surface area contributed by atoms with Crippen LogP contribution in [0.25, 0.3) is 0 Å². The first-order valence-electron chi connectivity index (χ1n) is 26.6. The number of likely N-dealkylation sites (N-methyl/N-ethyl adjacent to an activating group) is 1. The number of para-hydroxylation sites is 2. The highest BCUT2D eigenvalue weighted by molar-refractivity contribution is 7.10. The van der Waals surface area contributed by atoms with Crippen molar-refractivity contribution in [2.75, 3.05) is 36.1 Å². The zero-order valence-electron chi connectivity index (χ0n) is 44.1. The van der Waals surface area contributed by atoms with Crippen LogP contribution in [0.3, 0.4) is 0 Å². The Morgan fingerprint density at radius 1 is 0.773 bits per heavy atom. The monoisotopic (exact) mass is 1050 g/mol. The molecule has 2 unspecified atom stereocenters. The van der Waals surface area contributed by atoms with E-state index in [0.29, 0.717) is 70.6 Å². The second-order valence-electron chi connectivity index (χ2n) is 20.6. The molecular weight excluding hydrogens is 975 g/mol. The third-order valence-electron chi connectivity index (χ3n) is 13.7. The minimum Gasteiger partial charge on any atom is -0.494 e. The van der Waals surface area contributed by atoms with Gasteiger partial charge in [-0.3, -0.25) is 34.2 Å². The second-order valence-corrected chi connectivity index (χ2v) is 21.5. The first-order chi connectivity index (χ1) is 36.0. The molecule has 4 aromatic rings. The summed E-state index contributed by atoms with van der Waals surface area (Å²) in [6.07, 6.45) is 13.8. The van der Waals surface area contributed by atoms with Crippen LogP contribution < -0.4 is 26.0 Å². The third kappa shape index (κ3) is 17.6. The van der Waals surface area contributed by atoms with Crippen molar-refractivity contribution in [3.63, 3.8) is 0 Å². The fraction of sp³-hybridized carbons (Fsp3) is 0.509. The smallest absolute Gasteiger partial charge is 0.412 e. The van der Waals surface area contributed by atoms with Crippen molar-refractivity contribution in [1.82, 2.24) is 20.1 Å². The molecular formula is C57H75N7O10S. The molecule has 0 bridgehead atoms. The molecule has 2 aliphatic rings. The van der Waals surface area contributed by atoms with Crippen LogP contribution in [0.2, 0.25) is 0 Å². The van der Waals surface area contributed by atoms with E-state index in [4.69, 9.17) is 14.5 Å². The summed E-state index contributed by atoms with van der Waals surface area (Å²) in [5, 5.41) is 23.2. The first kappa shape index (κ1) is 57.5. The van der Waals surface area contributed by atoms with E-state index >= 15 is 0 Å². The Labute approximate surface area is 444 Å². The number of nitrogens with one attached hydrogen (secondary N) is 4. The normalized spacial score (nSPS) is 15.5. The van der Waals surface area contributed by atoms with Gasteiger partial charge in [-0.2, -0.15) is 0 Å². The Balaban J connectivity index is 0.840. The molecule has 1 saturated carbocycles. The molecule has 17 nitrogen and oxygen atoms in total. The number of benzene rings is 3. The molecule has 5 N–H and O–H groups in total. The minimum absolute atomic E-state index is 0.0485. The number of hydrogen-bond acceptors (Lipinski definition) is 11. The van der Waals surface area contributed by atoms with Crippen molar-refractivity contribution in [3.05, 3.63) is 100 Å². The minimum atomic E-state index is -1.22. The molecule has 1 aromatic heterocycles. The molecule has 0 radical (unpaired) electrons. The van der Waals surface area contributed by atoms with E-state index in [0.717, 1.165) is 101 Å². The summed E-state index contributed by atoms with van der Waals surface area (Å²) in [5.41, 5.74) is 1.94. The van der Waals surface area contributed by atoms with Gasteiger partial charge in [-0.1, -0.05) is 88.5 Å². The van der Waals surface area contributed by atoms with E-state index in [9.17, 15) is 38.7 Å². The summed E-state index contributed by atoms with van der Waals surface area (Å²) >= 11 is 1.35. The number of ether oxygens (including phenoxy) is 2. The topological polar surface area (TPSA) is 226 Å². The molecule has 6 amide bonds. The maximum absolute atomic E-state index is 14.3. The highest BCUT2D eigenvalue weighted by atomic mass is 32.1. The summed E-state index contributed by atoms with van der Waals surface area (Å²) in [7, 11) is 1.34. The van der Waals surface area contributed by atoms with Gasteiger partial charge in [0.1, 0.15) is 34.1 Å². The van der Waals surface area contributed by atoms with Crippen LogP contribution in [-0.2, 0) is 19.1 Å². The largest absolute Gasteiger partial charge is 0.494 e. The summed E-state index contributed by atoms with van der Waals surface area (Å²) in [6.45, 7) is 7.86. The van der Waals surface area contributed by atoms with Crippen LogP contribution >= 0.6 is 11.3 Å². The lowest BCUT2D eigenvalue weighted by Crippen LogP contribution is -2.56. The van der Waals surface area contributed by atoms with Gasteiger partial charge in [0, 0.05) is 42.2 Å². The molecule has 1 aliphatic carbocycles. The number of thiazole rings is 1. The lowest BCUT2D eigenvalue weighted by atomic mass is 9.83. The summed E-state index contributed by atoms with van der Waals surface area (Å²) < 4.78 is 11.4. The highest BCUT2D eigenvalue weighted by Gasteiger charge is 2.41. The molecule has 3 atom stereocenters. The van der Waals surface area contributed by atoms with Crippen LogP contribution in [0, 0.1) is 5.92 Å². The lowest BCUT2D eigenvalue weighted by Gasteiger charge is -2.35. The SMILES string of the molecule is CC(C(=O)N[C@H](C(=O)N1CCCC1c1nc(C(=O)c2cccc(OCCCCCCCCCCCC(=O)Nc3ccc(C(=O)Nc4ccccc4NC(=O)OC(C)(C)C)cc3)c2)cs1)C1CCCCC1)N(C)C(=O)O. The lowest BCUT2D eigenvalue weighted by molar-refractivity contribution is -0.140. The van der Waals surface area contributed by atoms with Crippen LogP contribution in [0.15, 0.2) is 78.2 Å². The van der Waals surface area contributed by atoms with Gasteiger partial charge >= 0.3 is 12.2 Å². The Morgan fingerprint density at radius 3 is 2.09 bits per heavy atom. The molecule has 3 aromatic carbocycles. The molecule has 2 heterocycles. The Hall–Kier alpha value is -6.82. The van der Waals surface area contributed by atoms with Gasteiger partial charge in [0.05, 0.1) is 24.0 Å². The Kier molecular flexibility index (Phi) is 21.6. The standard InChI is InChI=1S/C57H75N7O10S/c1-38(63(5)56(71)72)51(67)62-49(39-22-14-13-15-23-39)54(69)64-34-21-28-47(64)53-60-46(37-75-53)50(66)41-24-20-25-43(36-41)73-35-19-12-10-8-6-7-9-11-16-29-48(65)58-42-32-30-40(31-33-42)52(68)59-44-26-17-18-27-45(44)61-55(70)74-57(2,3)4/h17-18,20,24-27,30-33,36-39,47,49H,6-16,19,21-23,28-29,34-35H2,1-5H3,(H,58,65)(H,59,68)(H,61,70)(H,62,67)(H,71,72)/t38?,47?,49-/m0/s1. The van der Waals surface area contributed by atoms with E-state index in [1.165, 1.54) is 25.3 Å². The summed E-state index contributed by atoms with van der Waals surface area (Å²) in [6, 6.07) is 18.6. The number of likely N-dealkylation sites (tertiary alicyclic amines) is 1. The second kappa shape index (κ2) is 28.2. The maximum atomic E-state index is 14.3. The van der Waals surface area contributed by atoms with Gasteiger partial charge in [-0.05, 0) is 121 Å². The van der Waals surface area contributed by atoms with Gasteiger partial charge in [-0.15, -0.1) is 11.3 Å². The number of anilines is 3. The molecule has 18 heteroatoms. The van der Waals surface area contributed by atoms with Crippen molar-refractivity contribution < 1.29 is 48.1 Å². The van der Waals surface area contributed by atoms with Gasteiger partial charge < -0.3 is 35.4 Å². The van der Waals surface area contributed by atoms with Crippen LogP contribution in [0.1, 0.15) is 174 Å². The van der Waals surface area contributed by atoms with Crippen molar-refractivity contribution in [2.24, 2.45) is 5.92 Å². The predicted molar refractivity (Wildman–Crippen MR) is 290 cm³/mol. The molecule has 404 valence electrons. The average Bonchev–Trinajstić information content (AvgIpc) is 4.09. The van der Waals surface area contributed by atoms with Gasteiger partial charge in [0.15, 0.2) is 0 Å². The first-order valence-corrected chi connectivity index (χ1v) is 27.4. The van der Waals surface area contributed by atoms with Gasteiger partial charge in [0.2, 0.25) is 23.5 Å². The number of carbonyl (C=O) groups excluding carboxylic acids is 6. The van der Waals surface area contributed by atoms with Crippen LogP contribution in [0.4, 0.5) is 26.7 Å². The van der Waals surface area contributed by atoms with E-state index in [-0.39, 0.29) is 35.5 Å². The Bertz CT molecular complexity index is 2570. The number of nitrogens with zero attached hydrogens (tertiary/aromatic N) is 3. The van der Waals surface area contributed by atoms with E-state index < -0.39 is 35.8 Å². The Morgan fingerprint density at radius 2 is 1.43 bits per heavy atom. The molecule has 75 heavy (non-hydrogen) atoms. The number of ketones is 1. The zero-order valence-corrected chi connectivity index (χ0v) is 44.9. The van der Waals surface area contributed by atoms with E-state index in [2.05, 4.69) is 21.3 Å². The number of hydrogen-bond donors (Lipinski definition) is 5. The number of carboxylic acid groups (broad SMARTS) is 1. The number of rotatable bonds is 25. The summed E-state index contributed by atoms with van der Waals surface area (Å²) in [4.78, 5) is 98.2. The highest BCUT2D eigenvalue weighted by Crippen LogP contribution is 2.37. The van der Waals surface area contributed by atoms with Crippen LogP contribution in [0.5, 0.6) is 5.75 Å².